The van der Waals surface area contributed by atoms with Crippen molar-refractivity contribution in [2.75, 3.05) is 0 Å². The third-order valence-electron chi connectivity index (χ3n) is 0.942. The van der Waals surface area contributed by atoms with Gasteiger partial charge in [-0.25, -0.2) is 19.2 Å². The van der Waals surface area contributed by atoms with Crippen molar-refractivity contribution in [3.8, 4) is 0 Å². The van der Waals surface area contributed by atoms with Gasteiger partial charge in [-0.2, -0.15) is 0 Å². The van der Waals surface area contributed by atoms with Gasteiger partial charge in [0.25, 0.3) is 0 Å². The molecule has 0 aromatic rings. The van der Waals surface area contributed by atoms with Crippen LogP contribution in [0.25, 0.3) is 0 Å². The molecule has 0 spiro atoms. The average Bonchev–Trinajstić information content (AvgIpc) is 2.35. The highest BCUT2D eigenvalue weighted by Crippen LogP contribution is 1.77. The van der Waals surface area contributed by atoms with Crippen LogP contribution in [0.5, 0.6) is 0 Å². The fourth-order valence-corrected chi connectivity index (χ4v) is 0.171. The maximum Gasteiger partial charge on any atom is 0.450 e. The van der Waals surface area contributed by atoms with Gasteiger partial charge in [0.15, 0.2) is 0 Å². The maximum absolute atomic E-state index is 9.38. The van der Waals surface area contributed by atoms with Crippen LogP contribution in [0.15, 0.2) is 20.5 Å². The lowest BCUT2D eigenvalue weighted by Crippen LogP contribution is -1.87. The third kappa shape index (κ3) is 45.8. The molecule has 0 radical (unpaired) electrons. The predicted molar refractivity (Wildman–Crippen MR) is 62.4 cm³/mol. The van der Waals surface area contributed by atoms with E-state index in [0.29, 0.717) is 0 Å². The van der Waals surface area contributed by atoms with Crippen LogP contribution in [0.3, 0.4) is 0 Å². The van der Waals surface area contributed by atoms with Crippen molar-refractivity contribution < 1.29 is 39.6 Å². The van der Waals surface area contributed by atoms with Crippen molar-refractivity contribution in [1.82, 2.24) is 0 Å². The van der Waals surface area contributed by atoms with Gasteiger partial charge < -0.3 is 20.4 Å². The zero-order chi connectivity index (χ0) is 16.6. The Morgan fingerprint density at radius 1 is 0.600 bits per heavy atom. The van der Waals surface area contributed by atoms with Crippen LogP contribution in [-0.2, 0) is 0 Å². The minimum Gasteiger partial charge on any atom is -0.462 e. The van der Waals surface area contributed by atoms with Crippen LogP contribution in [0, 0.1) is 0 Å². The molecular weight excluding hydrogens is 280 g/mol. The van der Waals surface area contributed by atoms with Crippen molar-refractivity contribution in [3.05, 3.63) is 0 Å². The quantitative estimate of drug-likeness (QED) is 0.526. The maximum atomic E-state index is 9.38. The number of hydrogen-bond acceptors (Lipinski definition) is 4. The summed E-state index contributed by atoms with van der Waals surface area (Å²) in [7, 11) is 0. The number of rotatable bonds is 1. The van der Waals surface area contributed by atoms with E-state index in [2.05, 4.69) is 34.3 Å². The Labute approximate surface area is 112 Å². The Bertz CT molecular complexity index is 311. The summed E-state index contributed by atoms with van der Waals surface area (Å²) < 4.78 is 0. The van der Waals surface area contributed by atoms with Gasteiger partial charge >= 0.3 is 24.4 Å². The van der Waals surface area contributed by atoms with Gasteiger partial charge in [0.2, 0.25) is 0 Å². The predicted octanol–water partition coefficient (Wildman–Crippen LogP) is 3.40. The first kappa shape index (κ1) is 22.3. The van der Waals surface area contributed by atoms with Crippen LogP contribution in [0.4, 0.5) is 19.2 Å². The van der Waals surface area contributed by atoms with Crippen LogP contribution in [0.2, 0.25) is 0 Å². The number of azo groups is 2. The third-order valence-corrected chi connectivity index (χ3v) is 0.942. The molecule has 12 heteroatoms. The Hall–Kier alpha value is -2.92. The molecule has 0 rings (SSSR count). The highest BCUT2D eigenvalue weighted by atomic mass is 16.4. The molecule has 0 aliphatic rings. The summed E-state index contributed by atoms with van der Waals surface area (Å²) in [6.45, 7) is 4.36. The largest absolute Gasteiger partial charge is 0.462 e. The molecule has 0 saturated carbocycles. The lowest BCUT2D eigenvalue weighted by atomic mass is 10.4. The Kier molecular flexibility index (Phi) is 17.9. The SMILES string of the molecule is CCCC.O=C(O)/N=N/C(=O)O.O=C(O)/N=N/C(=O)O. The topological polar surface area (TPSA) is 199 Å². The molecule has 12 nitrogen and oxygen atoms in total. The van der Waals surface area contributed by atoms with Gasteiger partial charge in [-0.3, -0.25) is 0 Å². The molecule has 4 amide bonds. The Morgan fingerprint density at radius 2 is 0.750 bits per heavy atom. The molecule has 0 atom stereocenters. The molecule has 0 bridgehead atoms. The van der Waals surface area contributed by atoms with Crippen molar-refractivity contribution >= 4 is 24.4 Å². The first-order valence-corrected chi connectivity index (χ1v) is 4.92. The molecule has 4 N–H and O–H groups in total. The smallest absolute Gasteiger partial charge is 0.450 e. The van der Waals surface area contributed by atoms with Gasteiger partial charge in [-0.1, -0.05) is 47.1 Å². The molecule has 20 heavy (non-hydrogen) atoms. The van der Waals surface area contributed by atoms with E-state index < -0.39 is 24.4 Å². The second kappa shape index (κ2) is 16.1. The van der Waals surface area contributed by atoms with Crippen molar-refractivity contribution in [3.63, 3.8) is 0 Å². The van der Waals surface area contributed by atoms with E-state index in [0.717, 1.165) is 0 Å². The van der Waals surface area contributed by atoms with E-state index in [9.17, 15) is 19.2 Å². The zero-order valence-electron chi connectivity index (χ0n) is 10.6. The fraction of sp³-hybridized carbons (Fsp3) is 0.500. The second-order valence-corrected chi connectivity index (χ2v) is 2.53. The number of amides is 4. The highest BCUT2D eigenvalue weighted by Gasteiger charge is 1.91. The molecule has 0 aliphatic carbocycles. The average molecular weight is 294 g/mol. The molecule has 0 fully saturated rings. The zero-order valence-corrected chi connectivity index (χ0v) is 10.6. The van der Waals surface area contributed by atoms with E-state index in [1.807, 2.05) is 0 Å². The van der Waals surface area contributed by atoms with Gasteiger partial charge in [0, 0.05) is 0 Å². The van der Waals surface area contributed by atoms with Crippen LogP contribution < -0.4 is 0 Å². The van der Waals surface area contributed by atoms with Crippen molar-refractivity contribution in [2.45, 2.75) is 26.7 Å². The van der Waals surface area contributed by atoms with Gasteiger partial charge in [-0.05, 0) is 0 Å². The molecule has 0 aliphatic heterocycles. The van der Waals surface area contributed by atoms with Crippen molar-refractivity contribution in [1.29, 1.82) is 0 Å². The van der Waals surface area contributed by atoms with Crippen LogP contribution in [-0.4, -0.2) is 44.8 Å². The number of nitrogens with zero attached hydrogens (tertiary/aromatic N) is 4. The second-order valence-electron chi connectivity index (χ2n) is 2.53. The minimum absolute atomic E-state index is 1.32. The molecule has 0 aromatic heterocycles. The summed E-state index contributed by atoms with van der Waals surface area (Å²) >= 11 is 0. The molecule has 0 saturated heterocycles. The van der Waals surface area contributed by atoms with Gasteiger partial charge in [0.05, 0.1) is 0 Å². The summed E-state index contributed by atoms with van der Waals surface area (Å²) in [6.07, 6.45) is -3.83. The monoisotopic (exact) mass is 294 g/mol. The first-order valence-electron chi connectivity index (χ1n) is 4.92. The lowest BCUT2D eigenvalue weighted by Gasteiger charge is -1.72. The van der Waals surface area contributed by atoms with Gasteiger partial charge in [-0.15, -0.1) is 0 Å². The summed E-state index contributed by atoms with van der Waals surface area (Å²) in [5.41, 5.74) is 0. The number of unbranched alkanes of at least 4 members (excludes halogenated alkanes) is 1. The van der Waals surface area contributed by atoms with Gasteiger partial charge in [0.1, 0.15) is 0 Å². The van der Waals surface area contributed by atoms with E-state index >= 15 is 0 Å². The fourth-order valence-electron chi connectivity index (χ4n) is 0.171. The number of carbonyl (C=O) groups is 4. The summed E-state index contributed by atoms with van der Waals surface area (Å²) in [5, 5.41) is 39.6. The number of carboxylic acid groups (broad SMARTS) is 4. The molecular formula is C8H14N4O8. The standard InChI is InChI=1S/C4H10.2C2H2N2O4/c1-3-4-2;2*5-1(6)3-4-2(7)8/h3-4H2,1-2H3;2*(H,5,6)(H,7,8)/b;2*4-3+. The molecule has 0 unspecified atom stereocenters. The minimum atomic E-state index is -1.62. The van der Waals surface area contributed by atoms with E-state index in [4.69, 9.17) is 20.4 Å². The lowest BCUT2D eigenvalue weighted by molar-refractivity contribution is 0.194. The number of hydrogen-bond donors (Lipinski definition) is 4. The summed E-state index contributed by atoms with van der Waals surface area (Å²) in [5.74, 6) is 0. The molecule has 0 heterocycles. The van der Waals surface area contributed by atoms with E-state index in [1.165, 1.54) is 12.8 Å². The summed E-state index contributed by atoms with van der Waals surface area (Å²) in [4.78, 5) is 37.5. The van der Waals surface area contributed by atoms with Crippen LogP contribution in [0.1, 0.15) is 26.7 Å². The normalized spacial score (nSPS) is 9.10. The van der Waals surface area contributed by atoms with E-state index in [1.54, 1.807) is 0 Å². The van der Waals surface area contributed by atoms with Crippen LogP contribution >= 0.6 is 0 Å². The molecule has 114 valence electrons. The first-order chi connectivity index (χ1) is 9.17. The summed E-state index contributed by atoms with van der Waals surface area (Å²) in [6, 6.07) is 0. The molecule has 0 aromatic carbocycles. The van der Waals surface area contributed by atoms with E-state index in [-0.39, 0.29) is 0 Å². The van der Waals surface area contributed by atoms with Crippen molar-refractivity contribution in [2.24, 2.45) is 20.5 Å². The highest BCUT2D eigenvalue weighted by molar-refractivity contribution is 5.70. The Balaban J connectivity index is -0.000000230. The Morgan fingerprint density at radius 3 is 0.800 bits per heavy atom.